The van der Waals surface area contributed by atoms with Gasteiger partial charge in [0.05, 0.1) is 6.61 Å². The highest BCUT2D eigenvalue weighted by Gasteiger charge is 3.01. The van der Waals surface area contributed by atoms with Crippen molar-refractivity contribution >= 4 is 5.97 Å². The van der Waals surface area contributed by atoms with E-state index in [1.807, 2.05) is 0 Å². The SMILES string of the molecule is CC=C(C(=O)OCC)C(F)(F)C(F)(F)C(F)(F)C(F)(F)C(F)(F)C(F)(F)C(F)(F)C(F)(F)C(F)(F)C(F)(F)C(F)(F)C(F)(F)C(F)(F)C(F)(F)F. The Balaban J connectivity index is 7.66. The Bertz CT molecular complexity index is 1320. The van der Waals surface area contributed by atoms with Crippen LogP contribution in [0.1, 0.15) is 13.8 Å². The van der Waals surface area contributed by atoms with E-state index in [1.54, 1.807) is 0 Å². The molecule has 31 heteroatoms. The normalized spacial score (nSPS) is 16.8. The predicted octanol–water partition coefficient (Wildman–Crippen LogP) is 10.3. The lowest BCUT2D eigenvalue weighted by atomic mass is 9.83. The topological polar surface area (TPSA) is 26.3 Å². The maximum Gasteiger partial charge on any atom is 0.460 e. The fourth-order valence-electron chi connectivity index (χ4n) is 3.15. The number of alkyl halides is 29. The van der Waals surface area contributed by atoms with E-state index in [4.69, 9.17) is 0 Å². The van der Waals surface area contributed by atoms with Crippen molar-refractivity contribution in [2.24, 2.45) is 0 Å². The summed E-state index contributed by atoms with van der Waals surface area (Å²) >= 11 is 0. The van der Waals surface area contributed by atoms with Crippen LogP contribution in [0, 0.1) is 0 Å². The Kier molecular flexibility index (Phi) is 11.7. The molecule has 0 heterocycles. The molecule has 0 unspecified atom stereocenters. The molecule has 0 rings (SSSR count). The number of hydrogen-bond acceptors (Lipinski definition) is 2. The van der Waals surface area contributed by atoms with E-state index < -0.39 is 107 Å². The monoisotopic (exact) mass is 832 g/mol. The van der Waals surface area contributed by atoms with Crippen molar-refractivity contribution in [3.63, 3.8) is 0 Å². The number of carbonyl (C=O) groups excluding carboxylic acids is 1. The molecule has 2 nitrogen and oxygen atoms in total. The summed E-state index contributed by atoms with van der Waals surface area (Å²) in [5.41, 5.74) is -3.27. The minimum atomic E-state index is -9.98. The summed E-state index contributed by atoms with van der Waals surface area (Å²) in [7, 11) is 0. The first-order valence-corrected chi connectivity index (χ1v) is 11.5. The summed E-state index contributed by atoms with van der Waals surface area (Å²) in [5.74, 6) is -125. The molecule has 0 N–H and O–H groups in total. The van der Waals surface area contributed by atoms with Crippen LogP contribution in [-0.2, 0) is 9.53 Å². The zero-order valence-corrected chi connectivity index (χ0v) is 23.1. The summed E-state index contributed by atoms with van der Waals surface area (Å²) in [6, 6.07) is 0. The number of hydrogen-bond donors (Lipinski definition) is 0. The molecular weight excluding hydrogens is 823 g/mol. The Morgan fingerprint density at radius 3 is 0.765 bits per heavy atom. The van der Waals surface area contributed by atoms with Gasteiger partial charge in [-0.2, -0.15) is 127 Å². The third kappa shape index (κ3) is 5.77. The van der Waals surface area contributed by atoms with Crippen LogP contribution in [-0.4, -0.2) is 95.7 Å². The molecule has 304 valence electrons. The van der Waals surface area contributed by atoms with Gasteiger partial charge >= 0.3 is 89.1 Å². The molecule has 0 spiro atoms. The predicted molar refractivity (Wildman–Crippen MR) is 101 cm³/mol. The van der Waals surface area contributed by atoms with Gasteiger partial charge in [-0.05, 0) is 13.8 Å². The molecule has 0 aliphatic carbocycles. The van der Waals surface area contributed by atoms with E-state index in [0.29, 0.717) is 6.92 Å². The molecule has 0 saturated heterocycles. The third-order valence-corrected chi connectivity index (χ3v) is 6.21. The quantitative estimate of drug-likeness (QED) is 0.0934. The first kappa shape index (κ1) is 48.2. The minimum Gasteiger partial charge on any atom is -0.462 e. The fraction of sp³-hybridized carbons (Fsp3) is 0.850. The van der Waals surface area contributed by atoms with Crippen molar-refractivity contribution in [1.29, 1.82) is 0 Å². The molecule has 0 aliphatic rings. The maximum absolute atomic E-state index is 14.2. The Morgan fingerprint density at radius 1 is 0.392 bits per heavy atom. The number of halogens is 29. The zero-order chi connectivity index (χ0) is 42.3. The highest BCUT2D eigenvalue weighted by Crippen LogP contribution is 2.69. The number of carbonyl (C=O) groups is 1. The fourth-order valence-corrected chi connectivity index (χ4v) is 3.15. The van der Waals surface area contributed by atoms with E-state index in [0.717, 1.165) is 0 Å². The lowest BCUT2D eigenvalue weighted by Crippen LogP contribution is -2.79. The molecule has 0 radical (unpaired) electrons. The van der Waals surface area contributed by atoms with Crippen LogP contribution >= 0.6 is 0 Å². The van der Waals surface area contributed by atoms with Gasteiger partial charge in [-0.1, -0.05) is 6.08 Å². The molecule has 0 aliphatic heterocycles. The highest BCUT2D eigenvalue weighted by molar-refractivity contribution is 5.90. The largest absolute Gasteiger partial charge is 0.462 e. The average molecular weight is 832 g/mol. The minimum absolute atomic E-state index is 0.0441. The van der Waals surface area contributed by atoms with Gasteiger partial charge in [0.1, 0.15) is 5.57 Å². The van der Waals surface area contributed by atoms with Crippen molar-refractivity contribution in [2.75, 3.05) is 6.61 Å². The Hall–Kier alpha value is -2.82. The van der Waals surface area contributed by atoms with E-state index in [1.165, 1.54) is 0 Å². The van der Waals surface area contributed by atoms with Crippen molar-refractivity contribution in [1.82, 2.24) is 0 Å². The maximum atomic E-state index is 14.2. The average Bonchev–Trinajstić information content (AvgIpc) is 2.91. The summed E-state index contributed by atoms with van der Waals surface area (Å²) in [6.45, 7) is -0.625. The summed E-state index contributed by atoms with van der Waals surface area (Å²) in [6.07, 6.45) is -9.07. The number of ether oxygens (including phenoxy) is 1. The van der Waals surface area contributed by atoms with Gasteiger partial charge in [0.25, 0.3) is 0 Å². The standard InChI is InChI=1S/C20H9F29O2/c1-3-5(6(50)51-4-2)7(21,22)8(23,24)9(25,26)10(27,28)11(29,30)12(31,32)13(33,34)14(35,36)15(37,38)16(39,40)17(41,42)18(43,44)19(45,46)20(47,48)49/h3H,4H2,1-2H3. The van der Waals surface area contributed by atoms with Gasteiger partial charge in [-0.15, -0.1) is 0 Å². The smallest absolute Gasteiger partial charge is 0.460 e. The van der Waals surface area contributed by atoms with E-state index in [9.17, 15) is 132 Å². The van der Waals surface area contributed by atoms with Gasteiger partial charge < -0.3 is 4.74 Å². The molecule has 0 aromatic rings. The van der Waals surface area contributed by atoms with Crippen LogP contribution in [0.3, 0.4) is 0 Å². The van der Waals surface area contributed by atoms with Crippen molar-refractivity contribution in [3.05, 3.63) is 11.6 Å². The number of esters is 1. The first-order chi connectivity index (χ1) is 21.7. The lowest BCUT2D eigenvalue weighted by Gasteiger charge is -2.46. The zero-order valence-electron chi connectivity index (χ0n) is 23.1. The van der Waals surface area contributed by atoms with Gasteiger partial charge in [0, 0.05) is 0 Å². The molecule has 0 saturated carbocycles. The van der Waals surface area contributed by atoms with Crippen LogP contribution in [0.25, 0.3) is 0 Å². The molecule has 51 heavy (non-hydrogen) atoms. The number of rotatable bonds is 15. The van der Waals surface area contributed by atoms with Gasteiger partial charge in [-0.3, -0.25) is 0 Å². The lowest BCUT2D eigenvalue weighted by molar-refractivity contribution is -0.486. The second-order valence-electron chi connectivity index (χ2n) is 9.39. The second kappa shape index (κ2) is 12.4. The van der Waals surface area contributed by atoms with E-state index >= 15 is 0 Å². The molecule has 0 aromatic carbocycles. The molecular formula is C20H9F29O2. The molecule has 0 atom stereocenters. The summed E-state index contributed by atoms with van der Waals surface area (Å²) < 4.78 is 397. The van der Waals surface area contributed by atoms with Crippen LogP contribution in [0.2, 0.25) is 0 Å². The highest BCUT2D eigenvalue weighted by atomic mass is 19.4. The van der Waals surface area contributed by atoms with Gasteiger partial charge in [-0.25, -0.2) is 4.79 Å². The Labute approximate surface area is 259 Å². The van der Waals surface area contributed by atoms with Crippen LogP contribution < -0.4 is 0 Å². The molecule has 0 bridgehead atoms. The summed E-state index contributed by atoms with van der Waals surface area (Å²) in [5, 5.41) is 0. The van der Waals surface area contributed by atoms with Gasteiger partial charge in [0.15, 0.2) is 0 Å². The molecule has 0 aromatic heterocycles. The van der Waals surface area contributed by atoms with Crippen LogP contribution in [0.4, 0.5) is 127 Å². The van der Waals surface area contributed by atoms with Crippen molar-refractivity contribution in [2.45, 2.75) is 97.0 Å². The number of allylic oxidation sites excluding steroid dienone is 1. The first-order valence-electron chi connectivity index (χ1n) is 11.5. The van der Waals surface area contributed by atoms with Crippen LogP contribution in [0.15, 0.2) is 11.6 Å². The van der Waals surface area contributed by atoms with Gasteiger partial charge in [0.2, 0.25) is 0 Å². The molecule has 0 fully saturated rings. The van der Waals surface area contributed by atoms with Crippen molar-refractivity contribution in [3.8, 4) is 0 Å². The Morgan fingerprint density at radius 2 is 0.588 bits per heavy atom. The van der Waals surface area contributed by atoms with Crippen molar-refractivity contribution < 1.29 is 137 Å². The van der Waals surface area contributed by atoms with E-state index in [2.05, 4.69) is 4.74 Å². The third-order valence-electron chi connectivity index (χ3n) is 6.21. The second-order valence-corrected chi connectivity index (χ2v) is 9.39. The van der Waals surface area contributed by atoms with E-state index in [-0.39, 0.29) is 6.92 Å². The summed E-state index contributed by atoms with van der Waals surface area (Å²) in [4.78, 5) is 11.3. The molecule has 0 amide bonds. The van der Waals surface area contributed by atoms with Crippen LogP contribution in [0.5, 0.6) is 0 Å².